The Balaban J connectivity index is 1.68. The molecule has 2 aromatic rings. The lowest BCUT2D eigenvalue weighted by atomic mass is 9.82. The lowest BCUT2D eigenvalue weighted by molar-refractivity contribution is -0.180. The van der Waals surface area contributed by atoms with Gasteiger partial charge in [0.05, 0.1) is 23.4 Å². The van der Waals surface area contributed by atoms with Gasteiger partial charge in [-0.2, -0.15) is 13.2 Å². The number of halogens is 3. The number of aryl methyl sites for hydroxylation is 1. The molecule has 5 nitrogen and oxygen atoms in total. The van der Waals surface area contributed by atoms with E-state index in [4.69, 9.17) is 0 Å². The van der Waals surface area contributed by atoms with Crippen molar-refractivity contribution in [1.82, 2.24) is 5.32 Å². The van der Waals surface area contributed by atoms with Gasteiger partial charge in [-0.05, 0) is 62.4 Å². The molecule has 2 aromatic carbocycles. The number of hydrogen-bond donors (Lipinski definition) is 2. The number of carbonyl (C=O) groups is 1. The Morgan fingerprint density at radius 3 is 2.21 bits per heavy atom. The van der Waals surface area contributed by atoms with Gasteiger partial charge in [-0.3, -0.25) is 9.52 Å². The van der Waals surface area contributed by atoms with E-state index in [2.05, 4.69) is 10.0 Å². The van der Waals surface area contributed by atoms with Gasteiger partial charge in [0, 0.05) is 11.3 Å². The zero-order valence-electron chi connectivity index (χ0n) is 20.2. The number of anilines is 1. The molecule has 0 aliphatic heterocycles. The molecule has 1 fully saturated rings. The van der Waals surface area contributed by atoms with Crippen LogP contribution in [0.15, 0.2) is 42.5 Å². The van der Waals surface area contributed by atoms with Crippen molar-refractivity contribution in [3.05, 3.63) is 64.7 Å². The number of rotatable bonds is 7. The van der Waals surface area contributed by atoms with Gasteiger partial charge in [-0.25, -0.2) is 8.42 Å². The number of carbonyl (C=O) groups excluding carboxylic acids is 1. The Morgan fingerprint density at radius 2 is 1.71 bits per heavy atom. The minimum absolute atomic E-state index is 0.120. The molecular weight excluding hydrogens is 465 g/mol. The first-order chi connectivity index (χ1) is 15.5. The fourth-order valence-corrected chi connectivity index (χ4v) is 4.79. The van der Waals surface area contributed by atoms with Gasteiger partial charge >= 0.3 is 6.18 Å². The maximum absolute atomic E-state index is 13.3. The van der Waals surface area contributed by atoms with E-state index in [0.717, 1.165) is 36.8 Å². The van der Waals surface area contributed by atoms with Crippen molar-refractivity contribution >= 4 is 21.6 Å². The molecule has 0 radical (unpaired) electrons. The summed E-state index contributed by atoms with van der Waals surface area (Å²) in [6, 6.07) is 11.3. The number of hydrogen-bond acceptors (Lipinski definition) is 3. The molecule has 3 rings (SSSR count). The van der Waals surface area contributed by atoms with Crippen LogP contribution in [0, 0.1) is 12.8 Å². The molecule has 1 aliphatic rings. The van der Waals surface area contributed by atoms with Crippen molar-refractivity contribution in [3.63, 3.8) is 0 Å². The van der Waals surface area contributed by atoms with Crippen LogP contribution in [0.1, 0.15) is 62.4 Å². The minimum atomic E-state index is -4.35. The van der Waals surface area contributed by atoms with E-state index in [1.54, 1.807) is 31.2 Å². The Morgan fingerprint density at radius 1 is 1.12 bits per heavy atom. The molecule has 0 heterocycles. The molecule has 34 heavy (non-hydrogen) atoms. The zero-order valence-corrected chi connectivity index (χ0v) is 21.0. The smallest absolute Gasteiger partial charge is 0.349 e. The largest absolute Gasteiger partial charge is 0.397 e. The molecule has 1 saturated carbocycles. The summed E-state index contributed by atoms with van der Waals surface area (Å²) < 4.78 is 65.4. The average Bonchev–Trinajstić information content (AvgIpc) is 3.41. The topological polar surface area (TPSA) is 75.3 Å². The van der Waals surface area contributed by atoms with E-state index in [0.29, 0.717) is 12.1 Å². The average molecular weight is 497 g/mol. The number of amides is 1. The van der Waals surface area contributed by atoms with Gasteiger partial charge in [-0.1, -0.05) is 43.3 Å². The highest BCUT2D eigenvalue weighted by atomic mass is 32.2. The summed E-state index contributed by atoms with van der Waals surface area (Å²) in [5, 5.41) is 3.01. The third-order valence-electron chi connectivity index (χ3n) is 6.93. The summed E-state index contributed by atoms with van der Waals surface area (Å²) >= 11 is 0. The number of sulfonamides is 1. The van der Waals surface area contributed by atoms with Crippen molar-refractivity contribution in [2.45, 2.75) is 64.1 Å². The second-order valence-corrected chi connectivity index (χ2v) is 11.8. The molecule has 9 heteroatoms. The van der Waals surface area contributed by atoms with Gasteiger partial charge in [-0.15, -0.1) is 0 Å². The van der Waals surface area contributed by atoms with Crippen molar-refractivity contribution < 1.29 is 26.4 Å². The highest BCUT2D eigenvalue weighted by Gasteiger charge is 2.56. The van der Waals surface area contributed by atoms with Crippen molar-refractivity contribution in [2.75, 3.05) is 11.0 Å². The summed E-state index contributed by atoms with van der Waals surface area (Å²) in [4.78, 5) is 12.9. The normalized spacial score (nSPS) is 21.6. The van der Waals surface area contributed by atoms with Crippen LogP contribution < -0.4 is 10.0 Å². The highest BCUT2D eigenvalue weighted by molar-refractivity contribution is 7.92. The molecule has 0 aromatic heterocycles. The van der Waals surface area contributed by atoms with E-state index in [9.17, 15) is 26.4 Å². The summed E-state index contributed by atoms with van der Waals surface area (Å²) in [6.45, 7) is 7.90. The van der Waals surface area contributed by atoms with Crippen LogP contribution in [0.3, 0.4) is 0 Å². The lowest BCUT2D eigenvalue weighted by Crippen LogP contribution is -2.36. The van der Waals surface area contributed by atoms with E-state index in [-0.39, 0.29) is 23.4 Å². The molecule has 186 valence electrons. The van der Waals surface area contributed by atoms with Gasteiger partial charge in [0.2, 0.25) is 15.9 Å². The minimum Gasteiger partial charge on any atom is -0.349 e. The standard InChI is InChI=1S/C25H31F3N2O3S/c1-15-13-17(7-12-21(15)30-34(6,32)33)16(2)29-22(31)20-14-24(20,5)19-10-8-18(9-11-19)23(3,4)25(26,27)28/h7-13,16,20,30H,14H2,1-6H3,(H,29,31)/t16?,20-,24?/m0/s1. The maximum atomic E-state index is 13.3. The third kappa shape index (κ3) is 5.24. The Bertz CT molecular complexity index is 1190. The van der Waals surface area contributed by atoms with Crippen LogP contribution in [0.2, 0.25) is 0 Å². The lowest BCUT2D eigenvalue weighted by Gasteiger charge is -2.28. The number of nitrogens with one attached hydrogen (secondary N) is 2. The van der Waals surface area contributed by atoms with E-state index in [1.807, 2.05) is 19.9 Å². The predicted molar refractivity (Wildman–Crippen MR) is 127 cm³/mol. The van der Waals surface area contributed by atoms with Gasteiger partial charge < -0.3 is 5.32 Å². The molecule has 0 saturated heterocycles. The summed E-state index contributed by atoms with van der Waals surface area (Å²) in [7, 11) is -3.39. The molecule has 1 amide bonds. The van der Waals surface area contributed by atoms with E-state index < -0.39 is 27.0 Å². The Kier molecular flexibility index (Phi) is 6.58. The number of benzene rings is 2. The van der Waals surface area contributed by atoms with Gasteiger partial charge in [0.25, 0.3) is 0 Å². The van der Waals surface area contributed by atoms with Crippen LogP contribution in [0.4, 0.5) is 18.9 Å². The van der Waals surface area contributed by atoms with Crippen molar-refractivity contribution in [3.8, 4) is 0 Å². The predicted octanol–water partition coefficient (Wildman–Crippen LogP) is 5.36. The van der Waals surface area contributed by atoms with Crippen molar-refractivity contribution in [1.29, 1.82) is 0 Å². The zero-order chi connectivity index (χ0) is 25.7. The summed E-state index contributed by atoms with van der Waals surface area (Å²) in [5.41, 5.74) is 0.710. The molecule has 2 unspecified atom stereocenters. The van der Waals surface area contributed by atoms with E-state index >= 15 is 0 Å². The Labute approximate surface area is 199 Å². The molecule has 0 spiro atoms. The second-order valence-electron chi connectivity index (χ2n) is 10.1. The fraction of sp³-hybridized carbons (Fsp3) is 0.480. The highest BCUT2D eigenvalue weighted by Crippen LogP contribution is 2.54. The number of alkyl halides is 3. The van der Waals surface area contributed by atoms with Crippen LogP contribution >= 0.6 is 0 Å². The van der Waals surface area contributed by atoms with Gasteiger partial charge in [0.1, 0.15) is 0 Å². The van der Waals surface area contributed by atoms with Gasteiger partial charge in [0.15, 0.2) is 0 Å². The molecule has 3 atom stereocenters. The molecular formula is C25H31F3N2O3S. The second kappa shape index (κ2) is 8.59. The quantitative estimate of drug-likeness (QED) is 0.542. The first-order valence-corrected chi connectivity index (χ1v) is 12.9. The SMILES string of the molecule is Cc1cc(C(C)NC(=O)[C@@H]2CC2(C)c2ccc(C(C)(C)C(F)(F)F)cc2)ccc1NS(C)(=O)=O. The van der Waals surface area contributed by atoms with Crippen LogP contribution in [-0.2, 0) is 25.6 Å². The summed E-state index contributed by atoms with van der Waals surface area (Å²) in [5.74, 6) is -0.394. The molecule has 1 aliphatic carbocycles. The van der Waals surface area contributed by atoms with Crippen LogP contribution in [0.5, 0.6) is 0 Å². The molecule has 0 bridgehead atoms. The first kappa shape index (κ1) is 26.1. The molecule has 2 N–H and O–H groups in total. The van der Waals surface area contributed by atoms with E-state index in [1.165, 1.54) is 12.1 Å². The monoisotopic (exact) mass is 496 g/mol. The first-order valence-electron chi connectivity index (χ1n) is 11.0. The Hall–Kier alpha value is -2.55. The van der Waals surface area contributed by atoms with Crippen LogP contribution in [0.25, 0.3) is 0 Å². The van der Waals surface area contributed by atoms with Crippen LogP contribution in [-0.4, -0.2) is 26.8 Å². The fourth-order valence-electron chi connectivity index (χ4n) is 4.17. The third-order valence-corrected chi connectivity index (χ3v) is 7.52. The maximum Gasteiger partial charge on any atom is 0.397 e. The van der Waals surface area contributed by atoms with Crippen molar-refractivity contribution in [2.24, 2.45) is 5.92 Å². The summed E-state index contributed by atoms with van der Waals surface area (Å²) in [6.07, 6.45) is -2.65.